The number of hydrogen-bond donors (Lipinski definition) is 2. The molecule has 0 radical (unpaired) electrons. The maximum atomic E-state index is 12.8. The van der Waals surface area contributed by atoms with Gasteiger partial charge < -0.3 is 24.5 Å². The van der Waals surface area contributed by atoms with E-state index in [2.05, 4.69) is 4.98 Å². The average Bonchev–Trinajstić information content (AvgIpc) is 3.16. The van der Waals surface area contributed by atoms with Crippen LogP contribution in [0.1, 0.15) is 16.1 Å². The number of morpholine rings is 1. The fraction of sp³-hybridized carbons (Fsp3) is 0.238. The molecule has 2 aromatic carbocycles. The van der Waals surface area contributed by atoms with Gasteiger partial charge in [-0.25, -0.2) is 4.79 Å². The Hall–Kier alpha value is -3.32. The van der Waals surface area contributed by atoms with Crippen LogP contribution in [0.25, 0.3) is 10.9 Å². The number of nitrogens with one attached hydrogen (secondary N) is 1. The van der Waals surface area contributed by atoms with E-state index < -0.39 is 12.0 Å². The van der Waals surface area contributed by atoms with Gasteiger partial charge in [0.05, 0.1) is 13.2 Å². The third-order valence-corrected chi connectivity index (χ3v) is 4.75. The second-order valence-corrected chi connectivity index (χ2v) is 6.63. The number of rotatable bonds is 5. The van der Waals surface area contributed by atoms with Gasteiger partial charge in [0, 0.05) is 23.5 Å². The minimum absolute atomic E-state index is 0.00121. The van der Waals surface area contributed by atoms with Gasteiger partial charge in [0.25, 0.3) is 5.91 Å². The van der Waals surface area contributed by atoms with Crippen LogP contribution < -0.4 is 4.74 Å². The molecule has 1 aliphatic rings. The number of carbonyl (C=O) groups excluding carboxylic acids is 1. The first-order valence-electron chi connectivity index (χ1n) is 9.03. The van der Waals surface area contributed by atoms with Gasteiger partial charge in [0.1, 0.15) is 18.1 Å². The summed E-state index contributed by atoms with van der Waals surface area (Å²) < 4.78 is 11.0. The van der Waals surface area contributed by atoms with Gasteiger partial charge in [-0.15, -0.1) is 0 Å². The summed E-state index contributed by atoms with van der Waals surface area (Å²) in [4.78, 5) is 28.7. The first-order chi connectivity index (χ1) is 13.6. The molecule has 0 spiro atoms. The number of benzene rings is 2. The van der Waals surface area contributed by atoms with Gasteiger partial charge >= 0.3 is 5.97 Å². The summed E-state index contributed by atoms with van der Waals surface area (Å²) in [6, 6.07) is 16.2. The highest BCUT2D eigenvalue weighted by molar-refractivity contribution is 6.00. The number of aromatic nitrogens is 1. The standard InChI is InChI=1S/C21H20N2O5/c24-20(23-8-9-27-13-19(23)21(25)26)18-10-15-6-7-16(11-17(15)22-18)28-12-14-4-2-1-3-5-14/h1-7,10-11,19,22H,8-9,12-13H2,(H,25,26). The summed E-state index contributed by atoms with van der Waals surface area (Å²) in [6.45, 7) is 1.02. The number of fused-ring (bicyclic) bond motifs is 1. The van der Waals surface area contributed by atoms with E-state index in [9.17, 15) is 14.7 Å². The van der Waals surface area contributed by atoms with E-state index in [0.29, 0.717) is 24.7 Å². The molecule has 4 rings (SSSR count). The molecule has 0 saturated carbocycles. The van der Waals surface area contributed by atoms with Crippen molar-refractivity contribution >= 4 is 22.8 Å². The smallest absolute Gasteiger partial charge is 0.328 e. The minimum Gasteiger partial charge on any atom is -0.489 e. The number of H-pyrrole nitrogens is 1. The molecule has 7 nitrogen and oxygen atoms in total. The fourth-order valence-electron chi connectivity index (χ4n) is 3.26. The molecule has 7 heteroatoms. The Labute approximate surface area is 161 Å². The first kappa shape index (κ1) is 18.1. The first-order valence-corrected chi connectivity index (χ1v) is 9.03. The molecule has 28 heavy (non-hydrogen) atoms. The molecule has 0 aliphatic carbocycles. The molecule has 1 unspecified atom stereocenters. The predicted octanol–water partition coefficient (Wildman–Crippen LogP) is 2.67. The monoisotopic (exact) mass is 380 g/mol. The third kappa shape index (κ3) is 3.70. The third-order valence-electron chi connectivity index (χ3n) is 4.75. The van der Waals surface area contributed by atoms with Crippen LogP contribution in [0.4, 0.5) is 0 Å². The molecule has 2 heterocycles. The van der Waals surface area contributed by atoms with E-state index in [-0.39, 0.29) is 19.1 Å². The Morgan fingerprint density at radius 2 is 2.00 bits per heavy atom. The van der Waals surface area contributed by atoms with Crippen molar-refractivity contribution in [3.8, 4) is 5.75 Å². The number of nitrogens with zero attached hydrogens (tertiary/aromatic N) is 1. The summed E-state index contributed by atoms with van der Waals surface area (Å²) in [5, 5.41) is 10.2. The Bertz CT molecular complexity index is 998. The van der Waals surface area contributed by atoms with Crippen molar-refractivity contribution in [2.45, 2.75) is 12.6 Å². The number of ether oxygens (including phenoxy) is 2. The second-order valence-electron chi connectivity index (χ2n) is 6.63. The number of carboxylic acid groups (broad SMARTS) is 1. The van der Waals surface area contributed by atoms with E-state index in [1.54, 1.807) is 6.07 Å². The number of carbonyl (C=O) groups is 2. The van der Waals surface area contributed by atoms with Crippen LogP contribution >= 0.6 is 0 Å². The minimum atomic E-state index is -1.07. The van der Waals surface area contributed by atoms with Crippen molar-refractivity contribution in [1.82, 2.24) is 9.88 Å². The molecule has 1 fully saturated rings. The van der Waals surface area contributed by atoms with Gasteiger partial charge in [-0.3, -0.25) is 4.79 Å². The van der Waals surface area contributed by atoms with Crippen molar-refractivity contribution in [2.75, 3.05) is 19.8 Å². The highest BCUT2D eigenvalue weighted by Gasteiger charge is 2.33. The fourth-order valence-corrected chi connectivity index (χ4v) is 3.26. The summed E-state index contributed by atoms with van der Waals surface area (Å²) in [5.74, 6) is -0.730. The van der Waals surface area contributed by atoms with Gasteiger partial charge in [0.15, 0.2) is 6.04 Å². The maximum absolute atomic E-state index is 12.8. The van der Waals surface area contributed by atoms with E-state index in [0.717, 1.165) is 16.5 Å². The second kappa shape index (κ2) is 7.74. The molecule has 1 atom stereocenters. The van der Waals surface area contributed by atoms with Crippen LogP contribution in [0, 0.1) is 0 Å². The zero-order valence-corrected chi connectivity index (χ0v) is 15.1. The lowest BCUT2D eigenvalue weighted by atomic mass is 10.2. The quantitative estimate of drug-likeness (QED) is 0.710. The van der Waals surface area contributed by atoms with Crippen LogP contribution in [0.5, 0.6) is 5.75 Å². The molecular weight excluding hydrogens is 360 g/mol. The Morgan fingerprint density at radius 1 is 1.18 bits per heavy atom. The highest BCUT2D eigenvalue weighted by Crippen LogP contribution is 2.24. The molecular formula is C21H20N2O5. The lowest BCUT2D eigenvalue weighted by Gasteiger charge is -2.32. The summed E-state index contributed by atoms with van der Waals surface area (Å²) in [6.07, 6.45) is 0. The maximum Gasteiger partial charge on any atom is 0.328 e. The van der Waals surface area contributed by atoms with Crippen molar-refractivity contribution in [2.24, 2.45) is 0 Å². The molecule has 2 N–H and O–H groups in total. The van der Waals surface area contributed by atoms with Gasteiger partial charge in [-0.1, -0.05) is 30.3 Å². The molecule has 1 aromatic heterocycles. The van der Waals surface area contributed by atoms with E-state index in [1.807, 2.05) is 48.5 Å². The number of hydrogen-bond acceptors (Lipinski definition) is 4. The Morgan fingerprint density at radius 3 is 2.79 bits per heavy atom. The Balaban J connectivity index is 1.52. The number of amides is 1. The van der Waals surface area contributed by atoms with Crippen LogP contribution in [0.3, 0.4) is 0 Å². The van der Waals surface area contributed by atoms with Crippen molar-refractivity contribution in [3.05, 3.63) is 65.9 Å². The molecule has 0 bridgehead atoms. The number of aromatic amines is 1. The topological polar surface area (TPSA) is 91.9 Å². The van der Waals surface area contributed by atoms with Crippen molar-refractivity contribution in [1.29, 1.82) is 0 Å². The normalized spacial score (nSPS) is 16.9. The zero-order chi connectivity index (χ0) is 19.5. The lowest BCUT2D eigenvalue weighted by Crippen LogP contribution is -2.52. The Kier molecular flexibility index (Phi) is 4.99. The predicted molar refractivity (Wildman–Crippen MR) is 102 cm³/mol. The summed E-state index contributed by atoms with van der Waals surface area (Å²) in [7, 11) is 0. The molecule has 144 valence electrons. The largest absolute Gasteiger partial charge is 0.489 e. The molecule has 1 saturated heterocycles. The number of aliphatic carboxylic acids is 1. The average molecular weight is 380 g/mol. The summed E-state index contributed by atoms with van der Waals surface area (Å²) in [5.41, 5.74) is 2.18. The van der Waals surface area contributed by atoms with Crippen LogP contribution in [0.2, 0.25) is 0 Å². The van der Waals surface area contributed by atoms with Crippen LogP contribution in [0.15, 0.2) is 54.6 Å². The van der Waals surface area contributed by atoms with E-state index >= 15 is 0 Å². The van der Waals surface area contributed by atoms with Crippen molar-refractivity contribution < 1.29 is 24.2 Å². The zero-order valence-electron chi connectivity index (χ0n) is 15.1. The summed E-state index contributed by atoms with van der Waals surface area (Å²) >= 11 is 0. The lowest BCUT2D eigenvalue weighted by molar-refractivity contribution is -0.147. The van der Waals surface area contributed by atoms with Crippen LogP contribution in [-0.2, 0) is 16.1 Å². The molecule has 1 amide bonds. The number of carboxylic acids is 1. The SMILES string of the molecule is O=C(O)C1COCCN1C(=O)c1cc2ccc(OCc3ccccc3)cc2[nH]1. The molecule has 3 aromatic rings. The van der Waals surface area contributed by atoms with Gasteiger partial charge in [0.2, 0.25) is 0 Å². The van der Waals surface area contributed by atoms with Gasteiger partial charge in [-0.2, -0.15) is 0 Å². The molecule has 1 aliphatic heterocycles. The van der Waals surface area contributed by atoms with E-state index in [1.165, 1.54) is 4.90 Å². The highest BCUT2D eigenvalue weighted by atomic mass is 16.5. The van der Waals surface area contributed by atoms with Crippen molar-refractivity contribution in [3.63, 3.8) is 0 Å². The van der Waals surface area contributed by atoms with E-state index in [4.69, 9.17) is 9.47 Å². The van der Waals surface area contributed by atoms with Gasteiger partial charge in [-0.05, 0) is 23.8 Å². The van der Waals surface area contributed by atoms with Crippen LogP contribution in [-0.4, -0.2) is 52.7 Å².